The number of aliphatic carboxylic acids is 3. The van der Waals surface area contributed by atoms with Gasteiger partial charge in [0.25, 0.3) is 0 Å². The monoisotopic (exact) mass is 420 g/mol. The van der Waals surface area contributed by atoms with Crippen LogP contribution in [0.15, 0.2) is 0 Å². The Kier molecular flexibility index (Phi) is 10.9. The van der Waals surface area contributed by atoms with Crippen LogP contribution < -0.4 is 21.7 Å². The molecular weight excluding hydrogens is 396 g/mol. The zero-order valence-corrected chi connectivity index (χ0v) is 15.5. The number of nitrogens with one attached hydrogen (secondary N) is 3. The number of carboxylic acid groups (broad SMARTS) is 3. The van der Waals surface area contributed by atoms with E-state index in [4.69, 9.17) is 21.1 Å². The van der Waals surface area contributed by atoms with E-state index < -0.39 is 72.8 Å². The van der Waals surface area contributed by atoms with Gasteiger partial charge in [-0.25, -0.2) is 4.79 Å². The van der Waals surface area contributed by atoms with Crippen molar-refractivity contribution in [3.8, 4) is 0 Å². The van der Waals surface area contributed by atoms with Gasteiger partial charge in [-0.15, -0.1) is 0 Å². The Bertz CT molecular complexity index is 651. The highest BCUT2D eigenvalue weighted by Crippen LogP contribution is 1.99. The Morgan fingerprint density at radius 2 is 1.52 bits per heavy atom. The summed E-state index contributed by atoms with van der Waals surface area (Å²) >= 11 is 0. The maximum Gasteiger partial charge on any atom is 0.326 e. The summed E-state index contributed by atoms with van der Waals surface area (Å²) in [5, 5.41) is 41.8. The minimum Gasteiger partial charge on any atom is -0.481 e. The molecule has 0 saturated carbocycles. The van der Waals surface area contributed by atoms with E-state index in [-0.39, 0.29) is 12.8 Å². The van der Waals surface area contributed by atoms with E-state index in [0.717, 1.165) is 0 Å². The number of aliphatic hydroxyl groups is 1. The molecule has 0 spiro atoms. The Labute approximate surface area is 164 Å². The third-order valence-corrected chi connectivity index (χ3v) is 3.50. The van der Waals surface area contributed by atoms with Gasteiger partial charge in [-0.2, -0.15) is 0 Å². The lowest BCUT2D eigenvalue weighted by Crippen LogP contribution is -2.57. The highest BCUT2D eigenvalue weighted by molar-refractivity contribution is 5.93. The first-order valence-corrected chi connectivity index (χ1v) is 8.32. The van der Waals surface area contributed by atoms with Gasteiger partial charge in [0.2, 0.25) is 17.7 Å². The van der Waals surface area contributed by atoms with Gasteiger partial charge in [0.15, 0.2) is 0 Å². The van der Waals surface area contributed by atoms with Crippen molar-refractivity contribution < 1.29 is 49.2 Å². The van der Waals surface area contributed by atoms with Crippen LogP contribution in [0, 0.1) is 0 Å². The van der Waals surface area contributed by atoms with Crippen LogP contribution >= 0.6 is 0 Å². The molecule has 4 unspecified atom stereocenters. The van der Waals surface area contributed by atoms with Crippen LogP contribution in [0.25, 0.3) is 0 Å². The van der Waals surface area contributed by atoms with Crippen molar-refractivity contribution in [2.75, 3.05) is 6.54 Å². The minimum absolute atomic E-state index is 0.210. The van der Waals surface area contributed by atoms with Crippen LogP contribution in [-0.2, 0) is 28.8 Å². The summed E-state index contributed by atoms with van der Waals surface area (Å²) < 4.78 is 0. The lowest BCUT2D eigenvalue weighted by molar-refractivity contribution is -0.147. The molecule has 0 aliphatic heterocycles. The molecule has 14 nitrogen and oxygen atoms in total. The largest absolute Gasteiger partial charge is 0.481 e. The van der Waals surface area contributed by atoms with Gasteiger partial charge >= 0.3 is 17.9 Å². The second kappa shape index (κ2) is 12.2. The SMILES string of the molecule is CC(O)C(NC(=O)C(N)CCC(=O)O)C(=O)NCC(=O)NC(CC(=O)O)C(=O)O. The molecule has 0 aliphatic rings. The Balaban J connectivity index is 4.76. The average Bonchev–Trinajstić information content (AvgIpc) is 2.60. The summed E-state index contributed by atoms with van der Waals surface area (Å²) in [6.45, 7) is 0.410. The maximum atomic E-state index is 12.1. The first kappa shape index (κ1) is 25.7. The molecule has 164 valence electrons. The molecule has 0 bridgehead atoms. The van der Waals surface area contributed by atoms with Crippen LogP contribution in [0.5, 0.6) is 0 Å². The highest BCUT2D eigenvalue weighted by Gasteiger charge is 2.29. The van der Waals surface area contributed by atoms with E-state index in [1.165, 1.54) is 6.92 Å². The van der Waals surface area contributed by atoms with E-state index in [2.05, 4.69) is 10.6 Å². The van der Waals surface area contributed by atoms with E-state index in [9.17, 15) is 33.9 Å². The van der Waals surface area contributed by atoms with Crippen LogP contribution in [0.3, 0.4) is 0 Å². The quantitative estimate of drug-likeness (QED) is 0.143. The minimum atomic E-state index is -1.71. The van der Waals surface area contributed by atoms with Gasteiger partial charge in [0, 0.05) is 6.42 Å². The van der Waals surface area contributed by atoms with Crippen molar-refractivity contribution in [3.05, 3.63) is 0 Å². The van der Waals surface area contributed by atoms with Crippen molar-refractivity contribution in [2.45, 2.75) is 50.4 Å². The van der Waals surface area contributed by atoms with Gasteiger partial charge in [0.05, 0.1) is 25.1 Å². The Morgan fingerprint density at radius 3 is 1.97 bits per heavy atom. The first-order valence-electron chi connectivity index (χ1n) is 8.32. The molecule has 4 atom stereocenters. The topological polar surface area (TPSA) is 245 Å². The van der Waals surface area contributed by atoms with E-state index >= 15 is 0 Å². The van der Waals surface area contributed by atoms with Crippen molar-refractivity contribution in [2.24, 2.45) is 5.73 Å². The number of carbonyl (C=O) groups excluding carboxylic acids is 3. The summed E-state index contributed by atoms with van der Waals surface area (Å²) in [6, 6.07) is -4.49. The average molecular weight is 420 g/mol. The number of carbonyl (C=O) groups is 6. The standard InChI is InChI=1S/C15H24N4O10/c1-6(20)12(19-13(26)7(16)2-3-10(22)23)14(27)17-5-9(21)18-8(15(28)29)4-11(24)25/h6-8,12,20H,2-5,16H2,1H3,(H,17,27)(H,18,21)(H,19,26)(H,22,23)(H,24,25)(H,28,29). The molecule has 0 radical (unpaired) electrons. The normalized spacial score (nSPS) is 14.6. The predicted octanol–water partition coefficient (Wildman–Crippen LogP) is -3.80. The lowest BCUT2D eigenvalue weighted by Gasteiger charge is -2.22. The molecule has 0 aliphatic carbocycles. The van der Waals surface area contributed by atoms with Crippen molar-refractivity contribution in [3.63, 3.8) is 0 Å². The number of rotatable bonds is 13. The third kappa shape index (κ3) is 10.6. The number of carboxylic acids is 3. The molecular formula is C15H24N4O10. The summed E-state index contributed by atoms with van der Waals surface area (Å²) in [7, 11) is 0. The number of hydrogen-bond donors (Lipinski definition) is 8. The van der Waals surface area contributed by atoms with E-state index in [1.807, 2.05) is 5.32 Å². The van der Waals surface area contributed by atoms with Gasteiger partial charge in [0.1, 0.15) is 12.1 Å². The Hall–Kier alpha value is -3.26. The predicted molar refractivity (Wildman–Crippen MR) is 93.3 cm³/mol. The maximum absolute atomic E-state index is 12.1. The fraction of sp³-hybridized carbons (Fsp3) is 0.600. The van der Waals surface area contributed by atoms with Crippen molar-refractivity contribution in [1.29, 1.82) is 0 Å². The number of hydrogen-bond acceptors (Lipinski definition) is 8. The second-order valence-electron chi connectivity index (χ2n) is 6.04. The molecule has 0 rings (SSSR count). The smallest absolute Gasteiger partial charge is 0.326 e. The molecule has 0 heterocycles. The van der Waals surface area contributed by atoms with Gasteiger partial charge < -0.3 is 42.1 Å². The molecule has 0 fully saturated rings. The summed E-state index contributed by atoms with van der Waals surface area (Å²) in [4.78, 5) is 67.7. The molecule has 9 N–H and O–H groups in total. The molecule has 0 aromatic heterocycles. The zero-order valence-electron chi connectivity index (χ0n) is 15.5. The molecule has 29 heavy (non-hydrogen) atoms. The lowest BCUT2D eigenvalue weighted by atomic mass is 10.1. The number of amides is 3. The number of aliphatic hydroxyl groups excluding tert-OH is 1. The van der Waals surface area contributed by atoms with Gasteiger partial charge in [-0.1, -0.05) is 0 Å². The fourth-order valence-corrected chi connectivity index (χ4v) is 1.97. The van der Waals surface area contributed by atoms with Gasteiger partial charge in [-0.3, -0.25) is 24.0 Å². The first-order chi connectivity index (χ1) is 13.3. The molecule has 14 heteroatoms. The highest BCUT2D eigenvalue weighted by atomic mass is 16.4. The van der Waals surface area contributed by atoms with Crippen molar-refractivity contribution >= 4 is 35.6 Å². The van der Waals surface area contributed by atoms with Crippen molar-refractivity contribution in [1.82, 2.24) is 16.0 Å². The zero-order chi connectivity index (χ0) is 22.7. The van der Waals surface area contributed by atoms with E-state index in [0.29, 0.717) is 0 Å². The summed E-state index contributed by atoms with van der Waals surface area (Å²) in [6.07, 6.45) is -2.89. The van der Waals surface area contributed by atoms with E-state index in [1.54, 1.807) is 0 Å². The summed E-state index contributed by atoms with van der Waals surface area (Å²) in [5.41, 5.74) is 5.50. The van der Waals surface area contributed by atoms with Crippen LogP contribution in [0.1, 0.15) is 26.2 Å². The van der Waals surface area contributed by atoms with Crippen LogP contribution in [0.2, 0.25) is 0 Å². The number of nitrogens with two attached hydrogens (primary N) is 1. The summed E-state index contributed by atoms with van der Waals surface area (Å²) in [5.74, 6) is -7.13. The second-order valence-corrected chi connectivity index (χ2v) is 6.04. The fourth-order valence-electron chi connectivity index (χ4n) is 1.97. The third-order valence-electron chi connectivity index (χ3n) is 3.50. The van der Waals surface area contributed by atoms with Gasteiger partial charge in [-0.05, 0) is 13.3 Å². The molecule has 0 aromatic rings. The molecule has 3 amide bonds. The van der Waals surface area contributed by atoms with Crippen LogP contribution in [-0.4, -0.2) is 86.8 Å². The van der Waals surface area contributed by atoms with Crippen LogP contribution in [0.4, 0.5) is 0 Å². The molecule has 0 saturated heterocycles. The molecule has 0 aromatic carbocycles. The Morgan fingerprint density at radius 1 is 0.931 bits per heavy atom.